The molecule has 3 rings (SSSR count). The van der Waals surface area contributed by atoms with Crippen LogP contribution in [0.15, 0.2) is 18.2 Å². The summed E-state index contributed by atoms with van der Waals surface area (Å²) in [5, 5.41) is 0.446. The molecule has 2 aliphatic rings. The lowest BCUT2D eigenvalue weighted by Crippen LogP contribution is -2.53. The average molecular weight is 340 g/mol. The van der Waals surface area contributed by atoms with E-state index in [2.05, 4.69) is 0 Å². The van der Waals surface area contributed by atoms with Crippen LogP contribution in [-0.4, -0.2) is 55.9 Å². The number of fused-ring (bicyclic) bond motifs is 1. The van der Waals surface area contributed by atoms with E-state index in [9.17, 15) is 4.79 Å². The Balaban J connectivity index is 1.78. The molecule has 6 heteroatoms. The summed E-state index contributed by atoms with van der Waals surface area (Å²) in [4.78, 5) is 14.8. The van der Waals surface area contributed by atoms with Crippen LogP contribution in [0.2, 0.25) is 5.02 Å². The fourth-order valence-corrected chi connectivity index (χ4v) is 3.78. The van der Waals surface area contributed by atoms with Crippen molar-refractivity contribution in [3.63, 3.8) is 0 Å². The van der Waals surface area contributed by atoms with Gasteiger partial charge >= 0.3 is 0 Å². The van der Waals surface area contributed by atoms with Gasteiger partial charge in [-0.15, -0.1) is 0 Å². The number of amides is 1. The zero-order chi connectivity index (χ0) is 16.4. The Morgan fingerprint density at radius 3 is 2.96 bits per heavy atom. The van der Waals surface area contributed by atoms with E-state index in [-0.39, 0.29) is 24.2 Å². The van der Waals surface area contributed by atoms with E-state index in [0.717, 1.165) is 12.8 Å². The molecular weight excluding hydrogens is 318 g/mol. The number of hydrogen-bond acceptors (Lipinski definition) is 4. The lowest BCUT2D eigenvalue weighted by atomic mass is 10.1. The number of benzene rings is 1. The van der Waals surface area contributed by atoms with Gasteiger partial charge in [0.15, 0.2) is 0 Å². The summed E-state index contributed by atoms with van der Waals surface area (Å²) in [5.41, 5.74) is 0.580. The number of nitrogens with zero attached hydrogens (tertiary/aromatic N) is 1. The molecule has 0 unspecified atom stereocenters. The van der Waals surface area contributed by atoms with E-state index in [4.69, 9.17) is 25.8 Å². The van der Waals surface area contributed by atoms with Gasteiger partial charge in [0, 0.05) is 18.7 Å². The van der Waals surface area contributed by atoms with Gasteiger partial charge in [0.25, 0.3) is 5.91 Å². The Bertz CT molecular complexity index is 580. The number of morpholine rings is 1. The van der Waals surface area contributed by atoms with Crippen LogP contribution in [-0.2, 0) is 9.47 Å². The van der Waals surface area contributed by atoms with Crippen molar-refractivity contribution in [1.82, 2.24) is 4.90 Å². The molecule has 1 aliphatic heterocycles. The molecule has 126 valence electrons. The summed E-state index contributed by atoms with van der Waals surface area (Å²) in [6.45, 7) is 3.79. The van der Waals surface area contributed by atoms with E-state index in [0.29, 0.717) is 36.1 Å². The third-order valence-corrected chi connectivity index (χ3v) is 4.87. The Morgan fingerprint density at radius 2 is 2.26 bits per heavy atom. The minimum atomic E-state index is -0.0265. The van der Waals surface area contributed by atoms with Gasteiger partial charge in [0.2, 0.25) is 0 Å². The quantitative estimate of drug-likeness (QED) is 0.846. The molecule has 2 fully saturated rings. The molecule has 1 aliphatic carbocycles. The van der Waals surface area contributed by atoms with Crippen LogP contribution in [0.1, 0.15) is 30.1 Å². The van der Waals surface area contributed by atoms with Crippen LogP contribution in [0.4, 0.5) is 0 Å². The SMILES string of the molecule is CCO[C@@H]1CC[C@H]2[C@H]1OCCN2C(=O)c1ccc(OC)c(Cl)c1. The molecule has 1 heterocycles. The number of carbonyl (C=O) groups excluding carboxylic acids is 1. The van der Waals surface area contributed by atoms with Gasteiger partial charge in [0.05, 0.1) is 30.9 Å². The highest BCUT2D eigenvalue weighted by Crippen LogP contribution is 2.33. The molecule has 23 heavy (non-hydrogen) atoms. The third kappa shape index (κ3) is 3.18. The molecule has 1 aromatic rings. The minimum Gasteiger partial charge on any atom is -0.495 e. The summed E-state index contributed by atoms with van der Waals surface area (Å²) in [6.07, 6.45) is 1.89. The number of ether oxygens (including phenoxy) is 3. The Hall–Kier alpha value is -1.30. The molecule has 0 bridgehead atoms. The van der Waals surface area contributed by atoms with Crippen LogP contribution in [0, 0.1) is 0 Å². The second-order valence-corrected chi connectivity index (χ2v) is 6.23. The number of hydrogen-bond donors (Lipinski definition) is 0. The maximum atomic E-state index is 12.9. The first kappa shape index (κ1) is 16.6. The summed E-state index contributed by atoms with van der Waals surface area (Å²) < 4.78 is 16.8. The fourth-order valence-electron chi connectivity index (χ4n) is 3.53. The second kappa shape index (κ2) is 7.07. The highest BCUT2D eigenvalue weighted by atomic mass is 35.5. The second-order valence-electron chi connectivity index (χ2n) is 5.82. The molecule has 1 saturated carbocycles. The van der Waals surface area contributed by atoms with Crippen LogP contribution >= 0.6 is 11.6 Å². The van der Waals surface area contributed by atoms with Crippen LogP contribution in [0.3, 0.4) is 0 Å². The highest BCUT2D eigenvalue weighted by molar-refractivity contribution is 6.32. The fraction of sp³-hybridized carbons (Fsp3) is 0.588. The first-order valence-electron chi connectivity index (χ1n) is 8.03. The van der Waals surface area contributed by atoms with Crippen molar-refractivity contribution in [2.24, 2.45) is 0 Å². The standard InChI is InChI=1S/C17H22ClNO4/c1-3-22-15-7-5-13-16(15)23-9-8-19(13)17(20)11-4-6-14(21-2)12(18)10-11/h4,6,10,13,15-16H,3,5,7-9H2,1-2H3/t13-,15+,16+/m0/s1. The van der Waals surface area contributed by atoms with E-state index in [1.807, 2.05) is 11.8 Å². The number of halogens is 1. The van der Waals surface area contributed by atoms with E-state index in [1.54, 1.807) is 25.3 Å². The van der Waals surface area contributed by atoms with Crippen molar-refractivity contribution < 1.29 is 19.0 Å². The molecular formula is C17H22ClNO4. The number of methoxy groups -OCH3 is 1. The maximum Gasteiger partial charge on any atom is 0.254 e. The predicted molar refractivity (Wildman–Crippen MR) is 87.2 cm³/mol. The lowest BCUT2D eigenvalue weighted by molar-refractivity contribution is -0.102. The molecule has 0 radical (unpaired) electrons. The minimum absolute atomic E-state index is 0.00926. The van der Waals surface area contributed by atoms with Crippen LogP contribution in [0.25, 0.3) is 0 Å². The van der Waals surface area contributed by atoms with Gasteiger partial charge < -0.3 is 19.1 Å². The van der Waals surface area contributed by atoms with Gasteiger partial charge in [0.1, 0.15) is 11.9 Å². The van der Waals surface area contributed by atoms with Crippen molar-refractivity contribution in [3.8, 4) is 5.75 Å². The zero-order valence-corrected chi connectivity index (χ0v) is 14.2. The van der Waals surface area contributed by atoms with Crippen LogP contribution < -0.4 is 4.74 Å². The molecule has 1 aromatic carbocycles. The number of rotatable bonds is 4. The van der Waals surface area contributed by atoms with Crippen LogP contribution in [0.5, 0.6) is 5.75 Å². The topological polar surface area (TPSA) is 48.0 Å². The molecule has 0 N–H and O–H groups in total. The summed E-state index contributed by atoms with van der Waals surface area (Å²) >= 11 is 6.15. The highest BCUT2D eigenvalue weighted by Gasteiger charge is 2.45. The van der Waals surface area contributed by atoms with Gasteiger partial charge in [-0.05, 0) is 38.0 Å². The van der Waals surface area contributed by atoms with Gasteiger partial charge in [-0.25, -0.2) is 0 Å². The van der Waals surface area contributed by atoms with Gasteiger partial charge in [-0.1, -0.05) is 11.6 Å². The smallest absolute Gasteiger partial charge is 0.254 e. The van der Waals surface area contributed by atoms with E-state index >= 15 is 0 Å². The Morgan fingerprint density at radius 1 is 1.43 bits per heavy atom. The summed E-state index contributed by atoms with van der Waals surface area (Å²) in [6, 6.07) is 5.23. The first-order chi connectivity index (χ1) is 11.2. The maximum absolute atomic E-state index is 12.9. The monoisotopic (exact) mass is 339 g/mol. The predicted octanol–water partition coefficient (Wildman–Crippen LogP) is 2.76. The van der Waals surface area contributed by atoms with Gasteiger partial charge in [-0.3, -0.25) is 4.79 Å². The third-order valence-electron chi connectivity index (χ3n) is 4.58. The van der Waals surface area contributed by atoms with E-state index in [1.165, 1.54) is 0 Å². The van der Waals surface area contributed by atoms with Crippen molar-refractivity contribution in [1.29, 1.82) is 0 Å². The van der Waals surface area contributed by atoms with Gasteiger partial charge in [-0.2, -0.15) is 0 Å². The summed E-state index contributed by atoms with van der Waals surface area (Å²) in [7, 11) is 1.56. The lowest BCUT2D eigenvalue weighted by Gasteiger charge is -2.39. The van der Waals surface area contributed by atoms with Crippen molar-refractivity contribution >= 4 is 17.5 Å². The largest absolute Gasteiger partial charge is 0.495 e. The number of carbonyl (C=O) groups is 1. The first-order valence-corrected chi connectivity index (χ1v) is 8.41. The Labute approximate surface area is 141 Å². The van der Waals surface area contributed by atoms with Crippen molar-refractivity contribution in [2.75, 3.05) is 26.9 Å². The van der Waals surface area contributed by atoms with Crippen molar-refractivity contribution in [3.05, 3.63) is 28.8 Å². The average Bonchev–Trinajstić information content (AvgIpc) is 2.98. The molecule has 0 aromatic heterocycles. The zero-order valence-electron chi connectivity index (χ0n) is 13.5. The Kier molecular flexibility index (Phi) is 5.09. The van der Waals surface area contributed by atoms with Crippen molar-refractivity contribution in [2.45, 2.75) is 38.0 Å². The molecule has 3 atom stereocenters. The molecule has 0 spiro atoms. The molecule has 1 saturated heterocycles. The normalized spacial score (nSPS) is 26.9. The molecule has 5 nitrogen and oxygen atoms in total. The molecule has 1 amide bonds. The summed E-state index contributed by atoms with van der Waals surface area (Å²) in [5.74, 6) is 0.561. The van der Waals surface area contributed by atoms with E-state index < -0.39 is 0 Å².